The largest absolute Gasteiger partial charge is 0.308 e. The van der Waals surface area contributed by atoms with Crippen molar-refractivity contribution in [2.45, 2.75) is 116 Å². The van der Waals surface area contributed by atoms with E-state index in [0.29, 0.717) is 3.53 Å². The number of thiocarbonyl (C=S) groups is 1. The van der Waals surface area contributed by atoms with E-state index in [0.717, 1.165) is 61.0 Å². The van der Waals surface area contributed by atoms with Gasteiger partial charge in [-0.2, -0.15) is 12.0 Å². The lowest BCUT2D eigenvalue weighted by molar-refractivity contribution is 0.518. The van der Waals surface area contributed by atoms with Crippen LogP contribution in [0.2, 0.25) is 0 Å². The highest BCUT2D eigenvalue weighted by molar-refractivity contribution is 8.46. The van der Waals surface area contributed by atoms with Crippen molar-refractivity contribution in [3.8, 4) is 0 Å². The molecule has 0 amide bonds. The third kappa shape index (κ3) is 13.6. The Hall–Kier alpha value is -0.0800. The van der Waals surface area contributed by atoms with Gasteiger partial charge in [-0.1, -0.05) is 114 Å². The van der Waals surface area contributed by atoms with E-state index in [1.54, 1.807) is 6.07 Å². The fraction of sp³-hybridized carbons (Fsp3) is 0.720. The molecule has 0 aliphatic heterocycles. The number of thioether (sulfide) groups is 1. The molecule has 0 atom stereocenters. The SMILES string of the molecule is CCCCCCCCCCCCSC(=S)SOS(=O)(=O)c1ccc(C)cc1CCCCC. The molecule has 0 aliphatic carbocycles. The Labute approximate surface area is 211 Å². The molecule has 0 N–H and O–H groups in total. The second-order valence-electron chi connectivity index (χ2n) is 8.45. The minimum absolute atomic E-state index is 0.272. The quantitative estimate of drug-likeness (QED) is 0.110. The number of hydrogen-bond donors (Lipinski definition) is 0. The van der Waals surface area contributed by atoms with Crippen molar-refractivity contribution in [1.82, 2.24) is 0 Å². The van der Waals surface area contributed by atoms with Gasteiger partial charge in [0, 0.05) is 0 Å². The highest BCUT2D eigenvalue weighted by Crippen LogP contribution is 2.28. The van der Waals surface area contributed by atoms with Gasteiger partial charge in [0.2, 0.25) is 0 Å². The van der Waals surface area contributed by atoms with Crippen molar-refractivity contribution in [2.24, 2.45) is 0 Å². The maximum Gasteiger partial charge on any atom is 0.308 e. The van der Waals surface area contributed by atoms with Gasteiger partial charge in [-0.05, 0) is 43.6 Å². The zero-order valence-corrected chi connectivity index (χ0v) is 23.5. The molecule has 7 heteroatoms. The summed E-state index contributed by atoms with van der Waals surface area (Å²) in [7, 11) is -3.83. The molecule has 0 radical (unpaired) electrons. The summed E-state index contributed by atoms with van der Waals surface area (Å²) in [5.74, 6) is 0.915. The molecule has 0 saturated heterocycles. The van der Waals surface area contributed by atoms with Crippen LogP contribution in [0.5, 0.6) is 0 Å². The van der Waals surface area contributed by atoms with E-state index in [2.05, 4.69) is 13.8 Å². The van der Waals surface area contributed by atoms with E-state index in [-0.39, 0.29) is 4.90 Å². The average Bonchev–Trinajstić information content (AvgIpc) is 2.76. The Kier molecular flexibility index (Phi) is 17.1. The molecule has 0 fully saturated rings. The topological polar surface area (TPSA) is 43.4 Å². The summed E-state index contributed by atoms with van der Waals surface area (Å²) in [6.45, 7) is 6.37. The standard InChI is InChI=1S/C25H42O3S4/c1-4-6-8-9-10-11-12-13-14-16-20-30-25(29)31-28-32(26,27)24-19-18-22(3)21-23(24)17-15-7-5-2/h18-19,21H,4-17,20H2,1-3H3. The lowest BCUT2D eigenvalue weighted by Crippen LogP contribution is -2.07. The van der Waals surface area contributed by atoms with E-state index < -0.39 is 10.1 Å². The predicted molar refractivity (Wildman–Crippen MR) is 147 cm³/mol. The molecule has 0 heterocycles. The van der Waals surface area contributed by atoms with Crippen molar-refractivity contribution in [3.05, 3.63) is 29.3 Å². The smallest absolute Gasteiger partial charge is 0.193 e. The molecule has 0 saturated carbocycles. The minimum Gasteiger partial charge on any atom is -0.193 e. The molecule has 0 aliphatic rings. The van der Waals surface area contributed by atoms with Crippen LogP contribution in [0.4, 0.5) is 0 Å². The lowest BCUT2D eigenvalue weighted by atomic mass is 10.1. The normalized spacial score (nSPS) is 11.7. The summed E-state index contributed by atoms with van der Waals surface area (Å²) < 4.78 is 31.3. The summed E-state index contributed by atoms with van der Waals surface area (Å²) in [6.07, 6.45) is 16.9. The zero-order valence-electron chi connectivity index (χ0n) is 20.2. The maximum atomic E-state index is 12.7. The molecule has 1 aromatic carbocycles. The molecular formula is C25H42O3S4. The van der Waals surface area contributed by atoms with E-state index in [1.807, 2.05) is 19.1 Å². The van der Waals surface area contributed by atoms with Gasteiger partial charge < -0.3 is 0 Å². The zero-order chi connectivity index (χ0) is 23.7. The van der Waals surface area contributed by atoms with Gasteiger partial charge >= 0.3 is 10.1 Å². The monoisotopic (exact) mass is 518 g/mol. The highest BCUT2D eigenvalue weighted by atomic mass is 32.3. The molecule has 3 nitrogen and oxygen atoms in total. The first-order valence-electron chi connectivity index (χ1n) is 12.3. The third-order valence-corrected chi connectivity index (χ3v) is 9.35. The molecule has 1 rings (SSSR count). The van der Waals surface area contributed by atoms with Gasteiger partial charge in [0.15, 0.2) is 0 Å². The number of rotatable bonds is 18. The highest BCUT2D eigenvalue weighted by Gasteiger charge is 2.21. The maximum absolute atomic E-state index is 12.7. The first-order chi connectivity index (χ1) is 15.4. The number of hydrogen-bond acceptors (Lipinski definition) is 6. The fourth-order valence-corrected chi connectivity index (χ4v) is 6.89. The first-order valence-corrected chi connectivity index (χ1v) is 15.8. The lowest BCUT2D eigenvalue weighted by Gasteiger charge is -2.11. The van der Waals surface area contributed by atoms with Crippen molar-refractivity contribution in [2.75, 3.05) is 5.75 Å². The Morgan fingerprint density at radius 1 is 0.875 bits per heavy atom. The predicted octanol–water partition coefficient (Wildman–Crippen LogP) is 9.02. The van der Waals surface area contributed by atoms with E-state index in [9.17, 15) is 8.42 Å². The summed E-state index contributed by atoms with van der Waals surface area (Å²) in [5, 5.41) is 0. The van der Waals surface area contributed by atoms with E-state index >= 15 is 0 Å². The second kappa shape index (κ2) is 18.3. The van der Waals surface area contributed by atoms with Gasteiger partial charge in [0.1, 0.15) is 3.53 Å². The van der Waals surface area contributed by atoms with E-state index in [4.69, 9.17) is 15.8 Å². The van der Waals surface area contributed by atoms with Crippen LogP contribution in [-0.4, -0.2) is 17.7 Å². The Bertz CT molecular complexity index is 748. The molecule has 0 unspecified atom stereocenters. The van der Waals surface area contributed by atoms with Crippen LogP contribution >= 0.6 is 36.0 Å². The average molecular weight is 519 g/mol. The van der Waals surface area contributed by atoms with Crippen LogP contribution in [0.25, 0.3) is 0 Å². The van der Waals surface area contributed by atoms with Crippen LogP contribution in [0.3, 0.4) is 0 Å². The molecule has 0 spiro atoms. The van der Waals surface area contributed by atoms with Gasteiger partial charge in [0.05, 0.1) is 16.9 Å². The summed E-state index contributed by atoms with van der Waals surface area (Å²) in [4.78, 5) is 0.272. The van der Waals surface area contributed by atoms with Crippen LogP contribution < -0.4 is 0 Å². The van der Waals surface area contributed by atoms with Crippen molar-refractivity contribution in [1.29, 1.82) is 0 Å². The van der Waals surface area contributed by atoms with Crippen molar-refractivity contribution >= 4 is 49.7 Å². The Morgan fingerprint density at radius 2 is 1.44 bits per heavy atom. The summed E-state index contributed by atoms with van der Waals surface area (Å²) in [6, 6.07) is 5.43. The van der Waals surface area contributed by atoms with Crippen molar-refractivity contribution in [3.63, 3.8) is 0 Å². The summed E-state index contributed by atoms with van der Waals surface area (Å²) >= 11 is 7.64. The van der Waals surface area contributed by atoms with Crippen LogP contribution in [0.15, 0.2) is 23.1 Å². The molecule has 184 valence electrons. The summed E-state index contributed by atoms with van der Waals surface area (Å²) in [5.41, 5.74) is 1.90. The molecule has 32 heavy (non-hydrogen) atoms. The Balaban J connectivity index is 2.28. The third-order valence-electron chi connectivity index (χ3n) is 5.44. The fourth-order valence-electron chi connectivity index (χ4n) is 3.59. The van der Waals surface area contributed by atoms with Crippen molar-refractivity contribution < 1.29 is 12.0 Å². The van der Waals surface area contributed by atoms with Crippen LogP contribution in [-0.2, 0) is 20.2 Å². The first kappa shape index (κ1) is 30.0. The van der Waals surface area contributed by atoms with Gasteiger partial charge in [0.25, 0.3) is 0 Å². The number of aryl methyl sites for hydroxylation is 2. The number of unbranched alkanes of at least 4 members (excludes halogenated alkanes) is 11. The second-order valence-corrected chi connectivity index (χ2v) is 13.2. The van der Waals surface area contributed by atoms with E-state index in [1.165, 1.54) is 69.5 Å². The molecule has 0 aromatic heterocycles. The molecule has 1 aromatic rings. The number of benzene rings is 1. The van der Waals surface area contributed by atoms with Gasteiger partial charge in [-0.25, -0.2) is 0 Å². The Morgan fingerprint density at radius 3 is 2.06 bits per heavy atom. The molecular weight excluding hydrogens is 477 g/mol. The van der Waals surface area contributed by atoms with Gasteiger partial charge in [-0.15, -0.1) is 11.8 Å². The van der Waals surface area contributed by atoms with Crippen LogP contribution in [0.1, 0.15) is 108 Å². The van der Waals surface area contributed by atoms with Gasteiger partial charge in [-0.3, -0.25) is 0 Å². The van der Waals surface area contributed by atoms with Crippen LogP contribution in [0, 0.1) is 6.92 Å². The molecule has 0 bridgehead atoms. The minimum atomic E-state index is -3.83.